The van der Waals surface area contributed by atoms with Gasteiger partial charge in [0.1, 0.15) is 0 Å². The van der Waals surface area contributed by atoms with E-state index < -0.39 is 11.6 Å². The Labute approximate surface area is 76.0 Å². The van der Waals surface area contributed by atoms with Gasteiger partial charge in [0.15, 0.2) is 5.78 Å². The molecular weight excluding hydrogens is 168 g/mol. The van der Waals surface area contributed by atoms with E-state index in [1.165, 1.54) is 13.0 Å². The van der Waals surface area contributed by atoms with E-state index >= 15 is 0 Å². The number of rotatable bonds is 3. The molecule has 1 rings (SSSR count). The first-order chi connectivity index (χ1) is 6.16. The lowest BCUT2D eigenvalue weighted by Crippen LogP contribution is -2.12. The van der Waals surface area contributed by atoms with Gasteiger partial charge in [-0.1, -0.05) is 24.3 Å². The molecule has 1 aromatic rings. The van der Waals surface area contributed by atoms with Crippen LogP contribution in [0.2, 0.25) is 0 Å². The Morgan fingerprint density at radius 3 is 2.46 bits per heavy atom. The molecule has 0 unspecified atom stereocenters. The average molecular weight is 178 g/mol. The quantitative estimate of drug-likeness (QED) is 0.553. The molecule has 0 bridgehead atoms. The summed E-state index contributed by atoms with van der Waals surface area (Å²) in [5.41, 5.74) is 0.778. The molecule has 13 heavy (non-hydrogen) atoms. The molecule has 0 aliphatic carbocycles. The first-order valence-corrected chi connectivity index (χ1v) is 3.91. The lowest BCUT2D eigenvalue weighted by atomic mass is 10.0. The molecule has 0 atom stereocenters. The molecule has 0 fully saturated rings. The van der Waals surface area contributed by atoms with Gasteiger partial charge >= 0.3 is 0 Å². The minimum absolute atomic E-state index is 0.227. The summed E-state index contributed by atoms with van der Waals surface area (Å²) in [6.07, 6.45) is 0. The summed E-state index contributed by atoms with van der Waals surface area (Å²) in [6, 6.07) is 6.53. The molecule has 0 saturated carbocycles. The zero-order valence-electron chi connectivity index (χ0n) is 7.28. The average Bonchev–Trinajstić information content (AvgIpc) is 2.16. The van der Waals surface area contributed by atoms with Gasteiger partial charge in [-0.2, -0.15) is 0 Å². The van der Waals surface area contributed by atoms with Crippen LogP contribution in [0.3, 0.4) is 0 Å². The van der Waals surface area contributed by atoms with Gasteiger partial charge in [-0.15, -0.1) is 0 Å². The van der Waals surface area contributed by atoms with Crippen LogP contribution >= 0.6 is 0 Å². The van der Waals surface area contributed by atoms with E-state index in [-0.39, 0.29) is 12.2 Å². The maximum absolute atomic E-state index is 11.3. The third kappa shape index (κ3) is 2.00. The summed E-state index contributed by atoms with van der Waals surface area (Å²) in [5.74, 6) is -1.06. The predicted octanol–water partition coefficient (Wildman–Crippen LogP) is 0.951. The molecule has 0 aliphatic heterocycles. The minimum atomic E-state index is -0.551. The van der Waals surface area contributed by atoms with Crippen LogP contribution in [-0.4, -0.2) is 16.7 Å². The molecule has 0 amide bonds. The zero-order chi connectivity index (χ0) is 9.84. The van der Waals surface area contributed by atoms with Crippen molar-refractivity contribution in [2.75, 3.05) is 0 Å². The van der Waals surface area contributed by atoms with E-state index in [1.54, 1.807) is 18.2 Å². The van der Waals surface area contributed by atoms with Gasteiger partial charge in [0.25, 0.3) is 0 Å². The van der Waals surface area contributed by atoms with Crippen LogP contribution in [0.15, 0.2) is 24.3 Å². The van der Waals surface area contributed by atoms with Crippen molar-refractivity contribution in [1.29, 1.82) is 0 Å². The summed E-state index contributed by atoms with van der Waals surface area (Å²) >= 11 is 0. The third-order valence-corrected chi connectivity index (χ3v) is 1.75. The fraction of sp³-hybridized carbons (Fsp3) is 0.200. The second-order valence-corrected chi connectivity index (χ2v) is 2.70. The molecule has 0 aromatic heterocycles. The Hall–Kier alpha value is -1.48. The summed E-state index contributed by atoms with van der Waals surface area (Å²) in [5, 5.41) is 8.89. The number of ketones is 2. The Balaban J connectivity index is 3.13. The van der Waals surface area contributed by atoms with Crippen LogP contribution in [0, 0.1) is 0 Å². The molecular formula is C10H10O3. The topological polar surface area (TPSA) is 54.4 Å². The Morgan fingerprint density at radius 2 is 1.92 bits per heavy atom. The Kier molecular flexibility index (Phi) is 2.93. The van der Waals surface area contributed by atoms with Gasteiger partial charge in [-0.05, 0) is 5.56 Å². The predicted molar refractivity (Wildman–Crippen MR) is 47.4 cm³/mol. The highest BCUT2D eigenvalue weighted by Gasteiger charge is 2.13. The molecule has 0 saturated heterocycles. The number of carbonyl (C=O) groups excluding carboxylic acids is 2. The van der Waals surface area contributed by atoms with Crippen molar-refractivity contribution in [3.63, 3.8) is 0 Å². The number of aliphatic hydroxyl groups excluding tert-OH is 1. The van der Waals surface area contributed by atoms with Gasteiger partial charge in [0.05, 0.1) is 6.61 Å². The van der Waals surface area contributed by atoms with Crippen LogP contribution in [-0.2, 0) is 11.4 Å². The van der Waals surface area contributed by atoms with E-state index in [1.807, 2.05) is 0 Å². The summed E-state index contributed by atoms with van der Waals surface area (Å²) in [4.78, 5) is 22.0. The van der Waals surface area contributed by atoms with E-state index in [4.69, 9.17) is 5.11 Å². The number of benzene rings is 1. The van der Waals surface area contributed by atoms with Crippen molar-refractivity contribution in [3.8, 4) is 0 Å². The van der Waals surface area contributed by atoms with Crippen molar-refractivity contribution >= 4 is 11.6 Å². The molecule has 3 heteroatoms. The fourth-order valence-corrected chi connectivity index (χ4v) is 1.07. The largest absolute Gasteiger partial charge is 0.392 e. The lowest BCUT2D eigenvalue weighted by Gasteiger charge is -2.02. The first-order valence-electron chi connectivity index (χ1n) is 3.91. The Bertz CT molecular complexity index is 342. The van der Waals surface area contributed by atoms with Crippen molar-refractivity contribution in [2.24, 2.45) is 0 Å². The van der Waals surface area contributed by atoms with Gasteiger partial charge in [0.2, 0.25) is 5.78 Å². The lowest BCUT2D eigenvalue weighted by molar-refractivity contribution is -0.113. The van der Waals surface area contributed by atoms with E-state index in [9.17, 15) is 9.59 Å². The molecule has 0 heterocycles. The molecule has 68 valence electrons. The highest BCUT2D eigenvalue weighted by Crippen LogP contribution is 2.09. The molecule has 1 aromatic carbocycles. The summed E-state index contributed by atoms with van der Waals surface area (Å²) in [6.45, 7) is 0.992. The van der Waals surface area contributed by atoms with Gasteiger partial charge in [-0.3, -0.25) is 9.59 Å². The molecule has 1 N–H and O–H groups in total. The second kappa shape index (κ2) is 3.96. The SMILES string of the molecule is CC(=O)C(=O)c1ccccc1CO. The monoisotopic (exact) mass is 178 g/mol. The van der Waals surface area contributed by atoms with Gasteiger partial charge < -0.3 is 5.11 Å². The maximum Gasteiger partial charge on any atom is 0.228 e. The molecule has 0 aliphatic rings. The summed E-state index contributed by atoms with van der Waals surface area (Å²) in [7, 11) is 0. The number of aliphatic hydroxyl groups is 1. The second-order valence-electron chi connectivity index (χ2n) is 2.70. The minimum Gasteiger partial charge on any atom is -0.392 e. The normalized spacial score (nSPS) is 9.69. The fourth-order valence-electron chi connectivity index (χ4n) is 1.07. The third-order valence-electron chi connectivity index (χ3n) is 1.75. The number of carbonyl (C=O) groups is 2. The van der Waals surface area contributed by atoms with E-state index in [0.717, 1.165) is 0 Å². The summed E-state index contributed by atoms with van der Waals surface area (Å²) < 4.78 is 0. The molecule has 0 spiro atoms. The first kappa shape index (κ1) is 9.61. The van der Waals surface area contributed by atoms with E-state index in [2.05, 4.69) is 0 Å². The number of Topliss-reactive ketones (excluding diaryl/α,β-unsaturated/α-hetero) is 2. The standard InChI is InChI=1S/C10H10O3/c1-7(12)10(13)9-5-3-2-4-8(9)6-11/h2-5,11H,6H2,1H3. The highest BCUT2D eigenvalue weighted by molar-refractivity contribution is 6.43. The maximum atomic E-state index is 11.3. The Morgan fingerprint density at radius 1 is 1.31 bits per heavy atom. The highest BCUT2D eigenvalue weighted by atomic mass is 16.3. The van der Waals surface area contributed by atoms with Gasteiger partial charge in [-0.25, -0.2) is 0 Å². The zero-order valence-corrected chi connectivity index (χ0v) is 7.28. The van der Waals surface area contributed by atoms with Gasteiger partial charge in [0, 0.05) is 12.5 Å². The van der Waals surface area contributed by atoms with Crippen LogP contribution < -0.4 is 0 Å². The van der Waals surface area contributed by atoms with Crippen LogP contribution in [0.25, 0.3) is 0 Å². The number of hydrogen-bond donors (Lipinski definition) is 1. The van der Waals surface area contributed by atoms with E-state index in [0.29, 0.717) is 5.56 Å². The van der Waals surface area contributed by atoms with Crippen molar-refractivity contribution in [3.05, 3.63) is 35.4 Å². The van der Waals surface area contributed by atoms with Crippen LogP contribution in [0.5, 0.6) is 0 Å². The smallest absolute Gasteiger partial charge is 0.228 e. The van der Waals surface area contributed by atoms with Crippen LogP contribution in [0.1, 0.15) is 22.8 Å². The van der Waals surface area contributed by atoms with Crippen molar-refractivity contribution in [1.82, 2.24) is 0 Å². The number of hydrogen-bond acceptors (Lipinski definition) is 3. The molecule has 3 nitrogen and oxygen atoms in total. The van der Waals surface area contributed by atoms with Crippen molar-refractivity contribution in [2.45, 2.75) is 13.5 Å². The van der Waals surface area contributed by atoms with Crippen molar-refractivity contribution < 1.29 is 14.7 Å². The van der Waals surface area contributed by atoms with Crippen LogP contribution in [0.4, 0.5) is 0 Å². The molecule has 0 radical (unpaired) electrons.